The molecule has 0 bridgehead atoms. The molecule has 1 heterocycles. The number of amides is 1. The molecule has 1 N–H and O–H groups in total. The molecule has 0 radical (unpaired) electrons. The van der Waals surface area contributed by atoms with Gasteiger partial charge in [0.1, 0.15) is 0 Å². The van der Waals surface area contributed by atoms with Crippen LogP contribution in [0.5, 0.6) is 0 Å². The Labute approximate surface area is 125 Å². The van der Waals surface area contributed by atoms with Crippen molar-refractivity contribution in [1.82, 2.24) is 20.0 Å². The summed E-state index contributed by atoms with van der Waals surface area (Å²) >= 11 is 0. The Kier molecular flexibility index (Phi) is 4.96. The molecule has 1 aromatic carbocycles. The Morgan fingerprint density at radius 2 is 2.14 bits per heavy atom. The molecule has 2 aromatic rings. The second-order valence-corrected chi connectivity index (χ2v) is 6.05. The van der Waals surface area contributed by atoms with E-state index in [9.17, 15) is 4.79 Å². The Hall–Kier alpha value is -1.88. The number of fused-ring (bicyclic) bond motifs is 1. The highest BCUT2D eigenvalue weighted by Crippen LogP contribution is 2.17. The van der Waals surface area contributed by atoms with Crippen LogP contribution in [0, 0.1) is 5.92 Å². The van der Waals surface area contributed by atoms with Gasteiger partial charge >= 0.3 is 0 Å². The number of nitrogens with one attached hydrogen (secondary N) is 1. The maximum atomic E-state index is 12.2. The van der Waals surface area contributed by atoms with Crippen molar-refractivity contribution in [3.8, 4) is 0 Å². The van der Waals surface area contributed by atoms with Gasteiger partial charge in [0.15, 0.2) is 0 Å². The fourth-order valence-electron chi connectivity index (χ4n) is 2.20. The van der Waals surface area contributed by atoms with Crippen LogP contribution >= 0.6 is 0 Å². The van der Waals surface area contributed by atoms with Crippen molar-refractivity contribution in [2.75, 3.05) is 27.2 Å². The minimum atomic E-state index is -0.0314. The third kappa shape index (κ3) is 4.04. The van der Waals surface area contributed by atoms with E-state index in [-0.39, 0.29) is 5.91 Å². The van der Waals surface area contributed by atoms with Crippen molar-refractivity contribution >= 4 is 16.8 Å². The fourth-order valence-corrected chi connectivity index (χ4v) is 2.20. The summed E-state index contributed by atoms with van der Waals surface area (Å²) in [5, 5.41) is 8.41. The lowest BCUT2D eigenvalue weighted by molar-refractivity contribution is 0.0951. The van der Waals surface area contributed by atoms with Crippen LogP contribution in [-0.4, -0.2) is 47.8 Å². The molecule has 1 amide bonds. The standard InChI is InChI=1S/C16H24N4O/c1-12(2)11-20-15-9-13(5-6-14(15)10-18-20)16(21)17-7-8-19(3)4/h5-6,9-10,12H,7-8,11H2,1-4H3,(H,17,21). The first-order chi connectivity index (χ1) is 9.97. The molecule has 0 saturated heterocycles. The van der Waals surface area contributed by atoms with Crippen molar-refractivity contribution in [3.05, 3.63) is 30.0 Å². The number of nitrogens with zero attached hydrogens (tertiary/aromatic N) is 3. The van der Waals surface area contributed by atoms with Gasteiger partial charge in [0.25, 0.3) is 5.91 Å². The smallest absolute Gasteiger partial charge is 0.251 e. The monoisotopic (exact) mass is 288 g/mol. The van der Waals surface area contributed by atoms with Gasteiger partial charge in [0.05, 0.1) is 11.7 Å². The zero-order valence-electron chi connectivity index (χ0n) is 13.3. The van der Waals surface area contributed by atoms with Crippen molar-refractivity contribution < 1.29 is 4.79 Å². The zero-order valence-corrected chi connectivity index (χ0v) is 13.3. The first-order valence-electron chi connectivity index (χ1n) is 7.36. The molecule has 2 rings (SSSR count). The fraction of sp³-hybridized carbons (Fsp3) is 0.500. The first-order valence-corrected chi connectivity index (χ1v) is 7.36. The summed E-state index contributed by atoms with van der Waals surface area (Å²) in [6.45, 7) is 6.65. The molecule has 1 aromatic heterocycles. The van der Waals surface area contributed by atoms with E-state index < -0.39 is 0 Å². The van der Waals surface area contributed by atoms with E-state index in [0.717, 1.165) is 24.0 Å². The van der Waals surface area contributed by atoms with Gasteiger partial charge in [-0.05, 0) is 32.1 Å². The van der Waals surface area contributed by atoms with Gasteiger partial charge in [0.2, 0.25) is 0 Å². The Morgan fingerprint density at radius 1 is 1.38 bits per heavy atom. The predicted octanol–water partition coefficient (Wildman–Crippen LogP) is 1.98. The number of aromatic nitrogens is 2. The van der Waals surface area contributed by atoms with Gasteiger partial charge in [-0.3, -0.25) is 9.48 Å². The molecule has 0 atom stereocenters. The van der Waals surface area contributed by atoms with Gasteiger partial charge in [-0.2, -0.15) is 5.10 Å². The SMILES string of the molecule is CC(C)Cn1ncc2ccc(C(=O)NCCN(C)C)cc21. The largest absolute Gasteiger partial charge is 0.351 e. The molecule has 0 saturated carbocycles. The van der Waals surface area contributed by atoms with Crippen LogP contribution in [0.4, 0.5) is 0 Å². The molecular formula is C16H24N4O. The molecule has 0 aliphatic carbocycles. The highest BCUT2D eigenvalue weighted by Gasteiger charge is 2.10. The quantitative estimate of drug-likeness (QED) is 0.884. The molecule has 114 valence electrons. The molecule has 0 fully saturated rings. The Balaban J connectivity index is 2.15. The maximum absolute atomic E-state index is 12.2. The van der Waals surface area contributed by atoms with Crippen LogP contribution in [-0.2, 0) is 6.54 Å². The Bertz CT molecular complexity index is 616. The lowest BCUT2D eigenvalue weighted by Gasteiger charge is -2.11. The van der Waals surface area contributed by atoms with Gasteiger partial charge < -0.3 is 10.2 Å². The van der Waals surface area contributed by atoms with Gasteiger partial charge in [-0.1, -0.05) is 19.9 Å². The lowest BCUT2D eigenvalue weighted by Crippen LogP contribution is -2.31. The van der Waals surface area contributed by atoms with Gasteiger partial charge in [0, 0.05) is 30.6 Å². The van der Waals surface area contributed by atoms with E-state index in [2.05, 4.69) is 24.3 Å². The van der Waals surface area contributed by atoms with Gasteiger partial charge in [-0.15, -0.1) is 0 Å². The third-order valence-electron chi connectivity index (χ3n) is 3.29. The summed E-state index contributed by atoms with van der Waals surface area (Å²) in [4.78, 5) is 14.2. The number of likely N-dealkylation sites (N-methyl/N-ethyl adjacent to an activating group) is 1. The minimum Gasteiger partial charge on any atom is -0.351 e. The number of hydrogen-bond acceptors (Lipinski definition) is 3. The zero-order chi connectivity index (χ0) is 15.4. The van der Waals surface area contributed by atoms with Crippen molar-refractivity contribution in [2.24, 2.45) is 5.92 Å². The van der Waals surface area contributed by atoms with Crippen LogP contribution in [0.2, 0.25) is 0 Å². The molecular weight excluding hydrogens is 264 g/mol. The van der Waals surface area contributed by atoms with E-state index >= 15 is 0 Å². The summed E-state index contributed by atoms with van der Waals surface area (Å²) in [6, 6.07) is 5.74. The predicted molar refractivity (Wildman–Crippen MR) is 85.5 cm³/mol. The highest BCUT2D eigenvalue weighted by molar-refractivity contribution is 5.97. The summed E-state index contributed by atoms with van der Waals surface area (Å²) < 4.78 is 1.97. The topological polar surface area (TPSA) is 50.2 Å². The number of benzene rings is 1. The molecule has 0 aliphatic heterocycles. The average molecular weight is 288 g/mol. The first kappa shape index (κ1) is 15.5. The van der Waals surface area contributed by atoms with Crippen molar-refractivity contribution in [3.63, 3.8) is 0 Å². The summed E-state index contributed by atoms with van der Waals surface area (Å²) in [6.07, 6.45) is 1.85. The maximum Gasteiger partial charge on any atom is 0.251 e. The van der Waals surface area contributed by atoms with Crippen LogP contribution in [0.1, 0.15) is 24.2 Å². The van der Waals surface area contributed by atoms with Gasteiger partial charge in [-0.25, -0.2) is 0 Å². The van der Waals surface area contributed by atoms with E-state index in [1.165, 1.54) is 0 Å². The average Bonchev–Trinajstić information content (AvgIpc) is 2.80. The molecule has 0 spiro atoms. The number of carbonyl (C=O) groups excluding carboxylic acids is 1. The van der Waals surface area contributed by atoms with E-state index in [1.54, 1.807) is 0 Å². The lowest BCUT2D eigenvalue weighted by atomic mass is 10.1. The number of hydrogen-bond donors (Lipinski definition) is 1. The van der Waals surface area contributed by atoms with E-state index in [4.69, 9.17) is 0 Å². The van der Waals surface area contributed by atoms with Crippen LogP contribution in [0.15, 0.2) is 24.4 Å². The molecule has 21 heavy (non-hydrogen) atoms. The number of carbonyl (C=O) groups is 1. The van der Waals surface area contributed by atoms with Crippen molar-refractivity contribution in [2.45, 2.75) is 20.4 Å². The second-order valence-electron chi connectivity index (χ2n) is 6.05. The van der Waals surface area contributed by atoms with E-state index in [0.29, 0.717) is 18.0 Å². The number of rotatable bonds is 6. The van der Waals surface area contributed by atoms with Crippen LogP contribution < -0.4 is 5.32 Å². The molecule has 0 aliphatic rings. The highest BCUT2D eigenvalue weighted by atomic mass is 16.1. The third-order valence-corrected chi connectivity index (χ3v) is 3.29. The normalized spacial score (nSPS) is 11.5. The molecule has 5 nitrogen and oxygen atoms in total. The minimum absolute atomic E-state index is 0.0314. The Morgan fingerprint density at radius 3 is 2.81 bits per heavy atom. The van der Waals surface area contributed by atoms with Crippen LogP contribution in [0.25, 0.3) is 10.9 Å². The summed E-state index contributed by atoms with van der Waals surface area (Å²) in [5.41, 5.74) is 1.70. The summed E-state index contributed by atoms with van der Waals surface area (Å²) in [5.74, 6) is 0.488. The van der Waals surface area contributed by atoms with E-state index in [1.807, 2.05) is 48.1 Å². The molecule has 5 heteroatoms. The van der Waals surface area contributed by atoms with Crippen LogP contribution in [0.3, 0.4) is 0 Å². The van der Waals surface area contributed by atoms with Crippen molar-refractivity contribution in [1.29, 1.82) is 0 Å². The second kappa shape index (κ2) is 6.72. The summed E-state index contributed by atoms with van der Waals surface area (Å²) in [7, 11) is 3.98. The molecule has 0 unspecified atom stereocenters.